The number of carbonyl (C=O) groups excluding carboxylic acids is 2. The molecular formula is C13H20ClN3O2. The first-order valence-corrected chi connectivity index (χ1v) is 5.84. The molecule has 2 amide bonds. The average molecular weight is 286 g/mol. The Hall–Kier alpha value is -1.59. The SMILES string of the molecule is CC(CN)C(=O)N(C)CC(=O)Nc1ccccc1.Cl. The van der Waals surface area contributed by atoms with Gasteiger partial charge in [0, 0.05) is 25.2 Å². The summed E-state index contributed by atoms with van der Waals surface area (Å²) < 4.78 is 0. The lowest BCUT2D eigenvalue weighted by Crippen LogP contribution is -2.39. The number of para-hydroxylation sites is 1. The topological polar surface area (TPSA) is 75.4 Å². The van der Waals surface area contributed by atoms with E-state index in [2.05, 4.69) is 5.32 Å². The molecule has 0 fully saturated rings. The second-order valence-corrected chi connectivity index (χ2v) is 4.25. The second kappa shape index (κ2) is 8.50. The number of anilines is 1. The fourth-order valence-corrected chi connectivity index (χ4v) is 1.49. The van der Waals surface area contributed by atoms with E-state index in [0.29, 0.717) is 0 Å². The third-order valence-corrected chi connectivity index (χ3v) is 2.59. The van der Waals surface area contributed by atoms with Crippen molar-refractivity contribution < 1.29 is 9.59 Å². The maximum absolute atomic E-state index is 11.7. The zero-order valence-electron chi connectivity index (χ0n) is 11.1. The molecular weight excluding hydrogens is 266 g/mol. The predicted octanol–water partition coefficient (Wildman–Crippen LogP) is 1.10. The molecule has 0 heterocycles. The molecule has 1 aromatic carbocycles. The Kier molecular flexibility index (Phi) is 7.79. The standard InChI is InChI=1S/C13H19N3O2.ClH/c1-10(8-14)13(18)16(2)9-12(17)15-11-6-4-3-5-7-11;/h3-7,10H,8-9,14H2,1-2H3,(H,15,17);1H. The van der Waals surface area contributed by atoms with Crippen LogP contribution in [0.3, 0.4) is 0 Å². The summed E-state index contributed by atoms with van der Waals surface area (Å²) in [5.41, 5.74) is 6.13. The number of hydrogen-bond acceptors (Lipinski definition) is 3. The van der Waals surface area contributed by atoms with Gasteiger partial charge in [0.15, 0.2) is 0 Å². The number of benzene rings is 1. The number of amides is 2. The summed E-state index contributed by atoms with van der Waals surface area (Å²) in [6.45, 7) is 2.05. The summed E-state index contributed by atoms with van der Waals surface area (Å²) >= 11 is 0. The highest BCUT2D eigenvalue weighted by molar-refractivity contribution is 5.94. The molecule has 106 valence electrons. The van der Waals surface area contributed by atoms with E-state index >= 15 is 0 Å². The van der Waals surface area contributed by atoms with Gasteiger partial charge in [0.2, 0.25) is 11.8 Å². The van der Waals surface area contributed by atoms with Crippen LogP contribution < -0.4 is 11.1 Å². The van der Waals surface area contributed by atoms with E-state index in [4.69, 9.17) is 5.73 Å². The summed E-state index contributed by atoms with van der Waals surface area (Å²) in [6.07, 6.45) is 0. The van der Waals surface area contributed by atoms with Crippen LogP contribution >= 0.6 is 12.4 Å². The molecule has 0 saturated heterocycles. The molecule has 0 aliphatic heterocycles. The van der Waals surface area contributed by atoms with Gasteiger partial charge < -0.3 is 16.0 Å². The molecule has 5 nitrogen and oxygen atoms in total. The number of rotatable bonds is 5. The van der Waals surface area contributed by atoms with Crippen LogP contribution in [-0.4, -0.2) is 36.9 Å². The molecule has 0 radical (unpaired) electrons. The minimum atomic E-state index is -0.264. The molecule has 1 rings (SSSR count). The van der Waals surface area contributed by atoms with Crippen molar-refractivity contribution in [1.82, 2.24) is 4.90 Å². The molecule has 19 heavy (non-hydrogen) atoms. The van der Waals surface area contributed by atoms with Gasteiger partial charge in [-0.15, -0.1) is 12.4 Å². The Balaban J connectivity index is 0.00000324. The minimum Gasteiger partial charge on any atom is -0.336 e. The van der Waals surface area contributed by atoms with Gasteiger partial charge in [0.05, 0.1) is 6.54 Å². The van der Waals surface area contributed by atoms with Gasteiger partial charge in [-0.3, -0.25) is 9.59 Å². The predicted molar refractivity (Wildman–Crippen MR) is 78.2 cm³/mol. The molecule has 0 bridgehead atoms. The van der Waals surface area contributed by atoms with E-state index in [1.54, 1.807) is 26.1 Å². The summed E-state index contributed by atoms with van der Waals surface area (Å²) in [5.74, 6) is -0.610. The van der Waals surface area contributed by atoms with Gasteiger partial charge in [-0.2, -0.15) is 0 Å². The van der Waals surface area contributed by atoms with E-state index < -0.39 is 0 Å². The Morgan fingerprint density at radius 1 is 1.32 bits per heavy atom. The van der Waals surface area contributed by atoms with Gasteiger partial charge in [-0.1, -0.05) is 25.1 Å². The highest BCUT2D eigenvalue weighted by Gasteiger charge is 2.18. The first kappa shape index (κ1) is 17.4. The number of nitrogens with two attached hydrogens (primary N) is 1. The van der Waals surface area contributed by atoms with Crippen LogP contribution in [0.15, 0.2) is 30.3 Å². The van der Waals surface area contributed by atoms with Gasteiger partial charge >= 0.3 is 0 Å². The van der Waals surface area contributed by atoms with Crippen LogP contribution in [0.1, 0.15) is 6.92 Å². The zero-order valence-corrected chi connectivity index (χ0v) is 11.9. The first-order valence-electron chi connectivity index (χ1n) is 5.84. The van der Waals surface area contributed by atoms with Crippen molar-refractivity contribution in [3.8, 4) is 0 Å². The largest absolute Gasteiger partial charge is 0.336 e. The van der Waals surface area contributed by atoms with Crippen molar-refractivity contribution in [2.45, 2.75) is 6.92 Å². The molecule has 0 saturated carbocycles. The Morgan fingerprint density at radius 3 is 2.42 bits per heavy atom. The van der Waals surface area contributed by atoms with Gasteiger partial charge in [-0.05, 0) is 12.1 Å². The summed E-state index contributed by atoms with van der Waals surface area (Å²) in [7, 11) is 1.60. The lowest BCUT2D eigenvalue weighted by Gasteiger charge is -2.20. The molecule has 1 aromatic rings. The van der Waals surface area contributed by atoms with Crippen molar-refractivity contribution in [3.05, 3.63) is 30.3 Å². The van der Waals surface area contributed by atoms with Crippen LogP contribution in [-0.2, 0) is 9.59 Å². The first-order chi connectivity index (χ1) is 8.54. The van der Waals surface area contributed by atoms with Crippen LogP contribution in [0.25, 0.3) is 0 Å². The van der Waals surface area contributed by atoms with Gasteiger partial charge in [0.1, 0.15) is 0 Å². The summed E-state index contributed by atoms with van der Waals surface area (Å²) in [6, 6.07) is 9.13. The number of carbonyl (C=O) groups is 2. The third kappa shape index (κ3) is 5.72. The molecule has 0 spiro atoms. The Bertz CT molecular complexity index is 412. The van der Waals surface area contributed by atoms with Crippen LogP contribution in [0.2, 0.25) is 0 Å². The van der Waals surface area contributed by atoms with Crippen LogP contribution in [0.4, 0.5) is 5.69 Å². The lowest BCUT2D eigenvalue weighted by molar-refractivity contribution is -0.136. The maximum atomic E-state index is 11.7. The zero-order chi connectivity index (χ0) is 13.5. The van der Waals surface area contributed by atoms with E-state index in [1.807, 2.05) is 18.2 Å². The molecule has 6 heteroatoms. The van der Waals surface area contributed by atoms with Crippen molar-refractivity contribution in [3.63, 3.8) is 0 Å². The summed E-state index contributed by atoms with van der Waals surface area (Å²) in [4.78, 5) is 24.8. The third-order valence-electron chi connectivity index (χ3n) is 2.59. The highest BCUT2D eigenvalue weighted by Crippen LogP contribution is 2.05. The van der Waals surface area contributed by atoms with Crippen molar-refractivity contribution in [2.24, 2.45) is 11.7 Å². The van der Waals surface area contributed by atoms with Crippen molar-refractivity contribution in [2.75, 3.05) is 25.5 Å². The molecule has 0 aliphatic rings. The molecule has 1 unspecified atom stereocenters. The maximum Gasteiger partial charge on any atom is 0.243 e. The van der Waals surface area contributed by atoms with Crippen LogP contribution in [0.5, 0.6) is 0 Å². The van der Waals surface area contributed by atoms with Gasteiger partial charge in [-0.25, -0.2) is 0 Å². The monoisotopic (exact) mass is 285 g/mol. The minimum absolute atomic E-state index is 0. The van der Waals surface area contributed by atoms with E-state index in [-0.39, 0.29) is 43.2 Å². The average Bonchev–Trinajstić information content (AvgIpc) is 2.37. The van der Waals surface area contributed by atoms with E-state index in [1.165, 1.54) is 4.90 Å². The lowest BCUT2D eigenvalue weighted by atomic mass is 10.1. The molecule has 1 atom stereocenters. The van der Waals surface area contributed by atoms with E-state index in [9.17, 15) is 9.59 Å². The smallest absolute Gasteiger partial charge is 0.243 e. The molecule has 0 aliphatic carbocycles. The van der Waals surface area contributed by atoms with Crippen molar-refractivity contribution >= 4 is 29.9 Å². The van der Waals surface area contributed by atoms with E-state index in [0.717, 1.165) is 5.69 Å². The quantitative estimate of drug-likeness (QED) is 0.851. The second-order valence-electron chi connectivity index (χ2n) is 4.25. The Morgan fingerprint density at radius 2 is 1.89 bits per heavy atom. The fraction of sp³-hybridized carbons (Fsp3) is 0.385. The number of nitrogens with one attached hydrogen (secondary N) is 1. The highest BCUT2D eigenvalue weighted by atomic mass is 35.5. The fourth-order valence-electron chi connectivity index (χ4n) is 1.49. The molecule has 0 aromatic heterocycles. The number of halogens is 1. The number of likely N-dealkylation sites (N-methyl/N-ethyl adjacent to an activating group) is 1. The molecule has 3 N–H and O–H groups in total. The number of hydrogen-bond donors (Lipinski definition) is 2. The summed E-state index contributed by atoms with van der Waals surface area (Å²) in [5, 5.41) is 2.72. The van der Waals surface area contributed by atoms with Gasteiger partial charge in [0.25, 0.3) is 0 Å². The number of nitrogens with zero attached hydrogens (tertiary/aromatic N) is 1. The van der Waals surface area contributed by atoms with Crippen molar-refractivity contribution in [1.29, 1.82) is 0 Å². The normalized spacial score (nSPS) is 11.1. The van der Waals surface area contributed by atoms with Crippen LogP contribution in [0, 0.1) is 5.92 Å². The Labute approximate surface area is 119 Å².